The number of nitrogens with one attached hydrogen (secondary N) is 1. The summed E-state index contributed by atoms with van der Waals surface area (Å²) in [5, 5.41) is 4.22. The Hall–Kier alpha value is -1.54. The number of benzene rings is 1. The molecular formula is C18H21ClN2. The molecule has 0 saturated heterocycles. The zero-order chi connectivity index (χ0) is 15.0. The van der Waals surface area contributed by atoms with Gasteiger partial charge < -0.3 is 5.32 Å². The molecule has 21 heavy (non-hydrogen) atoms. The predicted octanol–water partition coefficient (Wildman–Crippen LogP) is 5.17. The van der Waals surface area contributed by atoms with Crippen LogP contribution in [0, 0.1) is 12.3 Å². The summed E-state index contributed by atoms with van der Waals surface area (Å²) in [5.74, 6) is 0. The van der Waals surface area contributed by atoms with Crippen LogP contribution < -0.4 is 5.32 Å². The Morgan fingerprint density at radius 1 is 1.24 bits per heavy atom. The highest BCUT2D eigenvalue weighted by Gasteiger charge is 2.36. The first-order chi connectivity index (χ1) is 9.99. The van der Waals surface area contributed by atoms with Crippen molar-refractivity contribution in [2.45, 2.75) is 39.7 Å². The van der Waals surface area contributed by atoms with Crippen molar-refractivity contribution in [2.75, 3.05) is 5.32 Å². The maximum atomic E-state index is 6.30. The Morgan fingerprint density at radius 2 is 2.00 bits per heavy atom. The SMILES string of the molecule is Cc1ccnc(Cl)c1NC1c2ccccc2CCC1(C)C. The van der Waals surface area contributed by atoms with E-state index in [1.165, 1.54) is 17.5 Å². The molecule has 0 spiro atoms. The summed E-state index contributed by atoms with van der Waals surface area (Å²) in [4.78, 5) is 4.21. The number of nitrogens with zero attached hydrogens (tertiary/aromatic N) is 1. The molecule has 1 aliphatic rings. The molecule has 2 aromatic rings. The van der Waals surface area contributed by atoms with Gasteiger partial charge in [0.15, 0.2) is 5.15 Å². The van der Waals surface area contributed by atoms with E-state index in [9.17, 15) is 0 Å². The van der Waals surface area contributed by atoms with Crippen LogP contribution in [0.4, 0.5) is 5.69 Å². The summed E-state index contributed by atoms with van der Waals surface area (Å²) in [5.41, 5.74) is 5.09. The number of aryl methyl sites for hydroxylation is 2. The molecule has 1 N–H and O–H groups in total. The molecule has 0 amide bonds. The number of halogens is 1. The van der Waals surface area contributed by atoms with Gasteiger partial charge in [0.05, 0.1) is 11.7 Å². The number of hydrogen-bond donors (Lipinski definition) is 1. The van der Waals surface area contributed by atoms with Crippen molar-refractivity contribution in [1.82, 2.24) is 4.98 Å². The molecule has 0 aliphatic heterocycles. The van der Waals surface area contributed by atoms with Gasteiger partial charge in [-0.3, -0.25) is 0 Å². The van der Waals surface area contributed by atoms with Crippen LogP contribution in [0.5, 0.6) is 0 Å². The minimum absolute atomic E-state index is 0.181. The highest BCUT2D eigenvalue weighted by molar-refractivity contribution is 6.32. The quantitative estimate of drug-likeness (QED) is 0.774. The summed E-state index contributed by atoms with van der Waals surface area (Å²) >= 11 is 6.30. The van der Waals surface area contributed by atoms with E-state index in [0.29, 0.717) is 5.15 Å². The minimum Gasteiger partial charge on any atom is -0.375 e. The van der Waals surface area contributed by atoms with Gasteiger partial charge in [-0.2, -0.15) is 0 Å². The van der Waals surface area contributed by atoms with Crippen LogP contribution in [-0.4, -0.2) is 4.98 Å². The molecule has 0 saturated carbocycles. The van der Waals surface area contributed by atoms with Gasteiger partial charge in [-0.25, -0.2) is 4.98 Å². The third-order valence-electron chi connectivity index (χ3n) is 4.59. The summed E-state index contributed by atoms with van der Waals surface area (Å²) in [6.07, 6.45) is 4.06. The minimum atomic E-state index is 0.181. The molecule has 0 fully saturated rings. The number of anilines is 1. The second-order valence-corrected chi connectivity index (χ2v) is 6.92. The lowest BCUT2D eigenvalue weighted by molar-refractivity contribution is 0.265. The van der Waals surface area contributed by atoms with E-state index < -0.39 is 0 Å². The van der Waals surface area contributed by atoms with Gasteiger partial charge in [-0.15, -0.1) is 0 Å². The van der Waals surface area contributed by atoms with Crippen molar-refractivity contribution in [3.8, 4) is 0 Å². The average Bonchev–Trinajstić information content (AvgIpc) is 2.45. The largest absolute Gasteiger partial charge is 0.375 e. The van der Waals surface area contributed by atoms with Crippen molar-refractivity contribution in [2.24, 2.45) is 5.41 Å². The molecule has 1 atom stereocenters. The smallest absolute Gasteiger partial charge is 0.152 e. The molecule has 3 heteroatoms. The Labute approximate surface area is 131 Å². The molecule has 0 bridgehead atoms. The molecule has 110 valence electrons. The fourth-order valence-corrected chi connectivity index (χ4v) is 3.44. The number of pyridine rings is 1. The van der Waals surface area contributed by atoms with Crippen molar-refractivity contribution >= 4 is 17.3 Å². The first-order valence-electron chi connectivity index (χ1n) is 7.44. The van der Waals surface area contributed by atoms with E-state index in [1.807, 2.05) is 6.07 Å². The fraction of sp³-hybridized carbons (Fsp3) is 0.389. The summed E-state index contributed by atoms with van der Waals surface area (Å²) in [6, 6.07) is 11.0. The summed E-state index contributed by atoms with van der Waals surface area (Å²) < 4.78 is 0. The monoisotopic (exact) mass is 300 g/mol. The van der Waals surface area contributed by atoms with E-state index in [1.54, 1.807) is 6.20 Å². The molecule has 0 radical (unpaired) electrons. The van der Waals surface area contributed by atoms with E-state index in [4.69, 9.17) is 11.6 Å². The van der Waals surface area contributed by atoms with Gasteiger partial charge >= 0.3 is 0 Å². The Morgan fingerprint density at radius 3 is 2.76 bits per heavy atom. The second-order valence-electron chi connectivity index (χ2n) is 6.56. The standard InChI is InChI=1S/C18H21ClN2/c1-12-9-11-20-17(19)15(12)21-16-14-7-5-4-6-13(14)8-10-18(16,2)3/h4-7,9,11,16,21H,8,10H2,1-3H3. The van der Waals surface area contributed by atoms with E-state index >= 15 is 0 Å². The first kappa shape index (κ1) is 14.4. The maximum absolute atomic E-state index is 6.30. The van der Waals surface area contributed by atoms with Gasteiger partial charge in [0.1, 0.15) is 0 Å². The molecular weight excluding hydrogens is 280 g/mol. The zero-order valence-electron chi connectivity index (χ0n) is 12.8. The summed E-state index contributed by atoms with van der Waals surface area (Å²) in [7, 11) is 0. The lowest BCUT2D eigenvalue weighted by Crippen LogP contribution is -2.33. The molecule has 1 heterocycles. The number of hydrogen-bond acceptors (Lipinski definition) is 2. The van der Waals surface area contributed by atoms with Crippen LogP contribution in [0.1, 0.15) is 43.0 Å². The Bertz CT molecular complexity index is 644. The maximum Gasteiger partial charge on any atom is 0.152 e. The highest BCUT2D eigenvalue weighted by Crippen LogP contribution is 2.46. The van der Waals surface area contributed by atoms with Gasteiger partial charge in [0, 0.05) is 6.20 Å². The molecule has 1 aromatic carbocycles. The van der Waals surface area contributed by atoms with Crippen molar-refractivity contribution < 1.29 is 0 Å². The summed E-state index contributed by atoms with van der Waals surface area (Å²) in [6.45, 7) is 6.71. The highest BCUT2D eigenvalue weighted by atomic mass is 35.5. The van der Waals surface area contributed by atoms with E-state index in [-0.39, 0.29) is 11.5 Å². The van der Waals surface area contributed by atoms with Gasteiger partial charge in [-0.05, 0) is 47.9 Å². The number of aromatic nitrogens is 1. The van der Waals surface area contributed by atoms with Crippen LogP contribution in [0.15, 0.2) is 36.5 Å². The van der Waals surface area contributed by atoms with E-state index in [2.05, 4.69) is 55.3 Å². The van der Waals surface area contributed by atoms with Crippen molar-refractivity contribution in [1.29, 1.82) is 0 Å². The average molecular weight is 301 g/mol. The zero-order valence-corrected chi connectivity index (χ0v) is 13.5. The molecule has 1 aromatic heterocycles. The van der Waals surface area contributed by atoms with Gasteiger partial charge in [-0.1, -0.05) is 49.7 Å². The van der Waals surface area contributed by atoms with E-state index in [0.717, 1.165) is 17.7 Å². The lowest BCUT2D eigenvalue weighted by Gasteiger charge is -2.41. The molecule has 3 rings (SSSR count). The Kier molecular flexibility index (Phi) is 3.66. The van der Waals surface area contributed by atoms with Crippen LogP contribution in [0.25, 0.3) is 0 Å². The third-order valence-corrected chi connectivity index (χ3v) is 4.87. The topological polar surface area (TPSA) is 24.9 Å². The van der Waals surface area contributed by atoms with Crippen LogP contribution in [0.3, 0.4) is 0 Å². The molecule has 1 aliphatic carbocycles. The number of rotatable bonds is 2. The van der Waals surface area contributed by atoms with Crippen molar-refractivity contribution in [3.63, 3.8) is 0 Å². The molecule has 1 unspecified atom stereocenters. The molecule has 2 nitrogen and oxygen atoms in total. The first-order valence-corrected chi connectivity index (χ1v) is 7.82. The van der Waals surface area contributed by atoms with Crippen LogP contribution in [0.2, 0.25) is 5.15 Å². The second kappa shape index (κ2) is 5.34. The third kappa shape index (κ3) is 2.65. The Balaban J connectivity index is 2.04. The van der Waals surface area contributed by atoms with Crippen LogP contribution in [-0.2, 0) is 6.42 Å². The van der Waals surface area contributed by atoms with Crippen molar-refractivity contribution in [3.05, 3.63) is 58.4 Å². The lowest BCUT2D eigenvalue weighted by atomic mass is 9.70. The predicted molar refractivity (Wildman–Crippen MR) is 88.9 cm³/mol. The van der Waals surface area contributed by atoms with Crippen LogP contribution >= 0.6 is 11.6 Å². The van der Waals surface area contributed by atoms with Gasteiger partial charge in [0.2, 0.25) is 0 Å². The fourth-order valence-electron chi connectivity index (χ4n) is 3.18. The number of fused-ring (bicyclic) bond motifs is 1. The van der Waals surface area contributed by atoms with Gasteiger partial charge in [0.25, 0.3) is 0 Å². The normalized spacial score (nSPS) is 19.9.